The zero-order chi connectivity index (χ0) is 17.3. The summed E-state index contributed by atoms with van der Waals surface area (Å²) in [7, 11) is 1.86. The number of aromatic amines is 1. The molecule has 124 valence electrons. The molecule has 0 atom stereocenters. The number of aryl methyl sites for hydroxylation is 2. The Balaban J connectivity index is 1.71. The third-order valence-electron chi connectivity index (χ3n) is 3.62. The molecule has 0 saturated heterocycles. The molecule has 0 spiro atoms. The fourth-order valence-corrected chi connectivity index (χ4v) is 2.77. The summed E-state index contributed by atoms with van der Waals surface area (Å²) in [4.78, 5) is 12.2. The molecule has 1 amide bonds. The SMILES string of the molecule is Cc1cc(CNC(=O)c2cc(-c3ccc(Cl)cc3Cl)n[nH]2)nn1C. The van der Waals surface area contributed by atoms with E-state index in [1.165, 1.54) is 0 Å². The van der Waals surface area contributed by atoms with E-state index in [2.05, 4.69) is 20.6 Å². The highest BCUT2D eigenvalue weighted by atomic mass is 35.5. The number of aromatic nitrogens is 4. The molecule has 0 radical (unpaired) electrons. The maximum atomic E-state index is 12.2. The average Bonchev–Trinajstić information content (AvgIpc) is 3.13. The van der Waals surface area contributed by atoms with Crippen molar-refractivity contribution < 1.29 is 4.79 Å². The first-order valence-corrected chi connectivity index (χ1v) is 7.98. The van der Waals surface area contributed by atoms with Crippen LogP contribution < -0.4 is 5.32 Å². The van der Waals surface area contributed by atoms with E-state index in [0.717, 1.165) is 11.4 Å². The number of halogens is 2. The monoisotopic (exact) mass is 363 g/mol. The van der Waals surface area contributed by atoms with Crippen LogP contribution in [0.1, 0.15) is 21.9 Å². The molecular weight excluding hydrogens is 349 g/mol. The van der Waals surface area contributed by atoms with Gasteiger partial charge in [0.2, 0.25) is 0 Å². The average molecular weight is 364 g/mol. The summed E-state index contributed by atoms with van der Waals surface area (Å²) in [6.07, 6.45) is 0. The highest BCUT2D eigenvalue weighted by molar-refractivity contribution is 6.36. The van der Waals surface area contributed by atoms with Gasteiger partial charge in [0.25, 0.3) is 5.91 Å². The van der Waals surface area contributed by atoms with Crippen LogP contribution in [0.2, 0.25) is 10.0 Å². The summed E-state index contributed by atoms with van der Waals surface area (Å²) in [5.74, 6) is -0.262. The number of hydrogen-bond donors (Lipinski definition) is 2. The van der Waals surface area contributed by atoms with Crippen LogP contribution >= 0.6 is 23.2 Å². The van der Waals surface area contributed by atoms with Gasteiger partial charge in [0.15, 0.2) is 0 Å². The summed E-state index contributed by atoms with van der Waals surface area (Å²) >= 11 is 12.0. The van der Waals surface area contributed by atoms with Crippen LogP contribution in [-0.4, -0.2) is 25.9 Å². The second-order valence-electron chi connectivity index (χ2n) is 5.37. The van der Waals surface area contributed by atoms with Crippen LogP contribution in [0.3, 0.4) is 0 Å². The highest BCUT2D eigenvalue weighted by Crippen LogP contribution is 2.29. The summed E-state index contributed by atoms with van der Waals surface area (Å²) in [5.41, 5.74) is 3.46. The minimum Gasteiger partial charge on any atom is -0.345 e. The third-order valence-corrected chi connectivity index (χ3v) is 4.17. The van der Waals surface area contributed by atoms with Gasteiger partial charge in [0, 0.05) is 23.3 Å². The summed E-state index contributed by atoms with van der Waals surface area (Å²) in [6, 6.07) is 8.69. The number of amides is 1. The lowest BCUT2D eigenvalue weighted by molar-refractivity contribution is 0.0945. The van der Waals surface area contributed by atoms with Crippen LogP contribution in [0, 0.1) is 6.92 Å². The minimum atomic E-state index is -0.262. The first-order chi connectivity index (χ1) is 11.4. The maximum absolute atomic E-state index is 12.2. The number of nitrogens with one attached hydrogen (secondary N) is 2. The van der Waals surface area contributed by atoms with Crippen molar-refractivity contribution in [2.24, 2.45) is 7.05 Å². The number of benzene rings is 1. The molecule has 1 aromatic carbocycles. The van der Waals surface area contributed by atoms with Gasteiger partial charge in [-0.2, -0.15) is 10.2 Å². The van der Waals surface area contributed by atoms with E-state index in [9.17, 15) is 4.79 Å². The van der Waals surface area contributed by atoms with Gasteiger partial charge in [0.1, 0.15) is 5.69 Å². The van der Waals surface area contributed by atoms with Crippen molar-refractivity contribution >= 4 is 29.1 Å². The molecular formula is C16H15Cl2N5O. The zero-order valence-corrected chi connectivity index (χ0v) is 14.6. The van der Waals surface area contributed by atoms with Gasteiger partial charge in [0.05, 0.1) is 23.0 Å². The molecule has 0 aliphatic heterocycles. The topological polar surface area (TPSA) is 75.6 Å². The van der Waals surface area contributed by atoms with Crippen molar-refractivity contribution in [1.82, 2.24) is 25.3 Å². The zero-order valence-electron chi connectivity index (χ0n) is 13.1. The lowest BCUT2D eigenvalue weighted by atomic mass is 10.1. The Morgan fingerprint density at radius 3 is 2.75 bits per heavy atom. The van der Waals surface area contributed by atoms with Crippen molar-refractivity contribution in [3.8, 4) is 11.3 Å². The first kappa shape index (κ1) is 16.5. The molecule has 3 rings (SSSR count). The van der Waals surface area contributed by atoms with Gasteiger partial charge < -0.3 is 5.32 Å². The van der Waals surface area contributed by atoms with Gasteiger partial charge in [-0.15, -0.1) is 0 Å². The number of nitrogens with zero attached hydrogens (tertiary/aromatic N) is 3. The quantitative estimate of drug-likeness (QED) is 0.746. The molecule has 2 heterocycles. The lowest BCUT2D eigenvalue weighted by Crippen LogP contribution is -2.23. The van der Waals surface area contributed by atoms with Crippen molar-refractivity contribution in [3.05, 3.63) is 57.5 Å². The Bertz CT molecular complexity index is 880. The molecule has 0 bridgehead atoms. The lowest BCUT2D eigenvalue weighted by Gasteiger charge is -2.01. The van der Waals surface area contributed by atoms with Gasteiger partial charge in [-0.05, 0) is 37.3 Å². The van der Waals surface area contributed by atoms with E-state index in [1.54, 1.807) is 28.9 Å². The smallest absolute Gasteiger partial charge is 0.269 e. The Morgan fingerprint density at radius 1 is 1.29 bits per heavy atom. The maximum Gasteiger partial charge on any atom is 0.269 e. The van der Waals surface area contributed by atoms with Gasteiger partial charge >= 0.3 is 0 Å². The van der Waals surface area contributed by atoms with E-state index >= 15 is 0 Å². The van der Waals surface area contributed by atoms with E-state index in [-0.39, 0.29) is 5.91 Å². The second-order valence-corrected chi connectivity index (χ2v) is 6.22. The summed E-state index contributed by atoms with van der Waals surface area (Å²) in [6.45, 7) is 2.30. The van der Waals surface area contributed by atoms with Crippen LogP contribution in [0.4, 0.5) is 0 Å². The van der Waals surface area contributed by atoms with Crippen LogP contribution in [0.5, 0.6) is 0 Å². The Hall–Kier alpha value is -2.31. The molecule has 2 N–H and O–H groups in total. The van der Waals surface area contributed by atoms with Crippen molar-refractivity contribution in [2.75, 3.05) is 0 Å². The highest BCUT2D eigenvalue weighted by Gasteiger charge is 2.13. The number of hydrogen-bond acceptors (Lipinski definition) is 3. The van der Waals surface area contributed by atoms with E-state index < -0.39 is 0 Å². The van der Waals surface area contributed by atoms with Crippen molar-refractivity contribution in [3.63, 3.8) is 0 Å². The van der Waals surface area contributed by atoms with Crippen molar-refractivity contribution in [2.45, 2.75) is 13.5 Å². The fraction of sp³-hybridized carbons (Fsp3) is 0.188. The summed E-state index contributed by atoms with van der Waals surface area (Å²) < 4.78 is 1.76. The molecule has 0 unspecified atom stereocenters. The number of H-pyrrole nitrogens is 1. The number of carbonyl (C=O) groups excluding carboxylic acids is 1. The second kappa shape index (κ2) is 6.67. The molecule has 8 heteroatoms. The molecule has 6 nitrogen and oxygen atoms in total. The molecule has 0 saturated carbocycles. The van der Waals surface area contributed by atoms with Crippen molar-refractivity contribution in [1.29, 1.82) is 0 Å². The number of carbonyl (C=O) groups is 1. The molecule has 0 fully saturated rings. The molecule has 3 aromatic rings. The Morgan fingerprint density at radius 2 is 2.08 bits per heavy atom. The van der Waals surface area contributed by atoms with E-state index in [1.807, 2.05) is 20.0 Å². The summed E-state index contributed by atoms with van der Waals surface area (Å²) in [5, 5.41) is 15.0. The largest absolute Gasteiger partial charge is 0.345 e. The fourth-order valence-electron chi connectivity index (χ4n) is 2.26. The van der Waals surface area contributed by atoms with Gasteiger partial charge in [-0.1, -0.05) is 23.2 Å². The Labute approximate surface area is 148 Å². The Kier molecular flexibility index (Phi) is 4.59. The predicted octanol–water partition coefficient (Wildman–Crippen LogP) is 3.36. The van der Waals surface area contributed by atoms with Gasteiger partial charge in [-0.25, -0.2) is 0 Å². The standard InChI is InChI=1S/C16H15Cl2N5O/c1-9-5-11(22-23(9)2)8-19-16(24)15-7-14(20-21-15)12-4-3-10(17)6-13(12)18/h3-7H,8H2,1-2H3,(H,19,24)(H,20,21). The molecule has 24 heavy (non-hydrogen) atoms. The molecule has 0 aliphatic rings. The van der Waals surface area contributed by atoms with Gasteiger partial charge in [-0.3, -0.25) is 14.6 Å². The molecule has 2 aromatic heterocycles. The minimum absolute atomic E-state index is 0.262. The number of rotatable bonds is 4. The van der Waals surface area contributed by atoms with Crippen LogP contribution in [0.25, 0.3) is 11.3 Å². The predicted molar refractivity (Wildman–Crippen MR) is 93.2 cm³/mol. The first-order valence-electron chi connectivity index (χ1n) is 7.22. The van der Waals surface area contributed by atoms with E-state index in [4.69, 9.17) is 23.2 Å². The van der Waals surface area contributed by atoms with Crippen LogP contribution in [-0.2, 0) is 13.6 Å². The normalized spacial score (nSPS) is 10.8. The molecule has 0 aliphatic carbocycles. The third kappa shape index (κ3) is 3.44. The van der Waals surface area contributed by atoms with E-state index in [0.29, 0.717) is 33.5 Å². The van der Waals surface area contributed by atoms with Crippen LogP contribution in [0.15, 0.2) is 30.3 Å².